The second-order valence-electron chi connectivity index (χ2n) is 7.71. The van der Waals surface area contributed by atoms with Crippen molar-refractivity contribution < 1.29 is 18.8 Å². The van der Waals surface area contributed by atoms with Crippen LogP contribution in [0.1, 0.15) is 5.56 Å². The van der Waals surface area contributed by atoms with Crippen molar-refractivity contribution in [2.75, 3.05) is 11.1 Å². The summed E-state index contributed by atoms with van der Waals surface area (Å²) in [4.78, 5) is 39.4. The quantitative estimate of drug-likeness (QED) is 0.383. The number of benzene rings is 1. The number of hydrogen-bond donors (Lipinski definition) is 1. The Morgan fingerprint density at radius 3 is 2.57 bits per heavy atom. The highest BCUT2D eigenvalue weighted by molar-refractivity contribution is 9.09. The average Bonchev–Trinajstić information content (AvgIpc) is 2.64. The molecule has 0 aromatic heterocycles. The molecule has 0 spiro atoms. The number of alkyl halides is 1. The number of fused-ring (bicyclic) bond motifs is 1. The fraction of sp³-hybridized carbons (Fsp3) is 0.421. The molecule has 0 aliphatic carbocycles. The van der Waals surface area contributed by atoms with Crippen LogP contribution in [0.2, 0.25) is 19.6 Å². The first kappa shape index (κ1) is 21.1. The molecule has 9 heteroatoms. The Labute approximate surface area is 178 Å². The van der Waals surface area contributed by atoms with Crippen molar-refractivity contribution in [1.29, 1.82) is 0 Å². The molecule has 1 saturated heterocycles. The first-order valence-corrected chi connectivity index (χ1v) is 14.6. The maximum Gasteiger partial charge on any atom is 0.341 e. The third kappa shape index (κ3) is 4.52. The number of hydrogen-bond acceptors (Lipinski definition) is 5. The van der Waals surface area contributed by atoms with Gasteiger partial charge < -0.3 is 9.74 Å². The summed E-state index contributed by atoms with van der Waals surface area (Å²) < 4.78 is 5.64. The van der Waals surface area contributed by atoms with Gasteiger partial charge in [0.15, 0.2) is 0 Å². The lowest BCUT2D eigenvalue weighted by Gasteiger charge is -2.50. The number of halogens is 1. The van der Waals surface area contributed by atoms with Gasteiger partial charge in [0.1, 0.15) is 17.1 Å². The predicted octanol–water partition coefficient (Wildman–Crippen LogP) is 2.66. The van der Waals surface area contributed by atoms with E-state index >= 15 is 0 Å². The van der Waals surface area contributed by atoms with Crippen LogP contribution in [-0.2, 0) is 25.2 Å². The highest BCUT2D eigenvalue weighted by Crippen LogP contribution is 2.41. The second kappa shape index (κ2) is 8.42. The highest BCUT2D eigenvalue weighted by atomic mass is 79.9. The van der Waals surface area contributed by atoms with Crippen LogP contribution in [0.3, 0.4) is 0 Å². The van der Waals surface area contributed by atoms with Gasteiger partial charge in [0.2, 0.25) is 14.2 Å². The molecule has 1 unspecified atom stereocenters. The number of thioether (sulfide) groups is 1. The van der Waals surface area contributed by atoms with E-state index in [2.05, 4.69) is 21.2 Å². The summed E-state index contributed by atoms with van der Waals surface area (Å²) in [6, 6.07) is 8.77. The molecule has 0 bridgehead atoms. The molecule has 28 heavy (non-hydrogen) atoms. The van der Waals surface area contributed by atoms with Crippen LogP contribution in [0.4, 0.5) is 0 Å². The molecule has 1 aromatic rings. The van der Waals surface area contributed by atoms with Crippen LogP contribution < -0.4 is 5.32 Å². The van der Waals surface area contributed by atoms with Crippen LogP contribution in [0, 0.1) is 0 Å². The van der Waals surface area contributed by atoms with Crippen LogP contribution >= 0.6 is 27.7 Å². The number of amides is 2. The van der Waals surface area contributed by atoms with Gasteiger partial charge in [0.05, 0.1) is 6.42 Å². The Morgan fingerprint density at radius 2 is 1.96 bits per heavy atom. The molecule has 2 heterocycles. The number of nitrogens with zero attached hydrogens (tertiary/aromatic N) is 1. The van der Waals surface area contributed by atoms with Crippen molar-refractivity contribution in [2.45, 2.75) is 37.5 Å². The predicted molar refractivity (Wildman–Crippen MR) is 115 cm³/mol. The average molecular weight is 483 g/mol. The summed E-state index contributed by atoms with van der Waals surface area (Å²) in [5.74, 6) is -0.298. The molecule has 2 amide bonds. The van der Waals surface area contributed by atoms with Crippen LogP contribution in [0.15, 0.2) is 41.6 Å². The van der Waals surface area contributed by atoms with Crippen molar-refractivity contribution >= 4 is 53.8 Å². The van der Waals surface area contributed by atoms with E-state index in [0.717, 1.165) is 11.1 Å². The Morgan fingerprint density at radius 1 is 1.29 bits per heavy atom. The van der Waals surface area contributed by atoms with Crippen molar-refractivity contribution in [3.63, 3.8) is 0 Å². The number of nitrogens with one attached hydrogen (secondary N) is 1. The summed E-state index contributed by atoms with van der Waals surface area (Å²) in [6.07, 6.45) is 0.217. The molecule has 2 atom stereocenters. The Hall–Kier alpha value is -1.58. The standard InChI is InChI=1S/C19H23BrN2O4SSi/c1-28(2,3)26-19(25)16-13(10-20)11-27-18-15(17(24)22(16)18)21-14(23)9-12-7-5-4-6-8-12/h4-8,15,18H,9-11H2,1-3H3,(H,21,23)/t15?,18-/m1/s1. The van der Waals surface area contributed by atoms with E-state index in [1.54, 1.807) is 11.8 Å². The zero-order valence-electron chi connectivity index (χ0n) is 16.0. The minimum absolute atomic E-state index is 0.203. The third-order valence-electron chi connectivity index (χ3n) is 4.32. The second-order valence-corrected chi connectivity index (χ2v) is 13.8. The van der Waals surface area contributed by atoms with Gasteiger partial charge >= 0.3 is 5.97 Å². The van der Waals surface area contributed by atoms with Gasteiger partial charge in [-0.25, -0.2) is 4.79 Å². The molecule has 0 radical (unpaired) electrons. The fourth-order valence-corrected chi connectivity index (χ4v) is 5.83. The SMILES string of the molecule is C[Si](C)(C)OC(=O)C1=C(CBr)CS[C@@H]2C(NC(=O)Cc3ccccc3)C(=O)N12. The third-order valence-corrected chi connectivity index (χ3v) is 7.14. The molecule has 1 aromatic carbocycles. The summed E-state index contributed by atoms with van der Waals surface area (Å²) in [7, 11) is -2.10. The topological polar surface area (TPSA) is 75.7 Å². The van der Waals surface area contributed by atoms with Crippen LogP contribution in [-0.4, -0.2) is 53.5 Å². The lowest BCUT2D eigenvalue weighted by atomic mass is 10.0. The lowest BCUT2D eigenvalue weighted by Crippen LogP contribution is -2.70. The zero-order valence-corrected chi connectivity index (χ0v) is 19.4. The van der Waals surface area contributed by atoms with Gasteiger partial charge in [-0.3, -0.25) is 14.5 Å². The molecule has 1 N–H and O–H groups in total. The largest absolute Gasteiger partial charge is 0.515 e. The normalized spacial score (nSPS) is 21.7. The van der Waals surface area contributed by atoms with Gasteiger partial charge in [-0.05, 0) is 30.8 Å². The number of carbonyl (C=O) groups is 3. The maximum atomic E-state index is 12.8. The van der Waals surface area contributed by atoms with Gasteiger partial charge in [-0.15, -0.1) is 11.8 Å². The molecular weight excluding hydrogens is 460 g/mol. The fourth-order valence-electron chi connectivity index (χ4n) is 3.11. The van der Waals surface area contributed by atoms with Crippen LogP contribution in [0.25, 0.3) is 0 Å². The molecule has 150 valence electrons. The smallest absolute Gasteiger partial charge is 0.341 e. The van der Waals surface area contributed by atoms with Crippen molar-refractivity contribution in [3.8, 4) is 0 Å². The van der Waals surface area contributed by atoms with E-state index in [9.17, 15) is 14.4 Å². The summed E-state index contributed by atoms with van der Waals surface area (Å²) in [5, 5.41) is 3.04. The Balaban J connectivity index is 1.71. The van der Waals surface area contributed by atoms with E-state index in [1.807, 2.05) is 50.0 Å². The molecule has 1 fully saturated rings. The zero-order chi connectivity index (χ0) is 20.5. The summed E-state index contributed by atoms with van der Waals surface area (Å²) >= 11 is 4.96. The maximum absolute atomic E-state index is 12.8. The minimum atomic E-state index is -2.10. The number of rotatable bonds is 6. The molecule has 2 aliphatic heterocycles. The summed E-state index contributed by atoms with van der Waals surface area (Å²) in [6.45, 7) is 5.79. The Bertz CT molecular complexity index is 825. The van der Waals surface area contributed by atoms with E-state index < -0.39 is 20.3 Å². The Kier molecular flexibility index (Phi) is 6.36. The molecular formula is C19H23BrN2O4SSi. The van der Waals surface area contributed by atoms with E-state index in [0.29, 0.717) is 16.8 Å². The van der Waals surface area contributed by atoms with Crippen molar-refractivity contribution in [1.82, 2.24) is 10.2 Å². The van der Waals surface area contributed by atoms with E-state index in [-0.39, 0.29) is 23.6 Å². The van der Waals surface area contributed by atoms with Crippen LogP contribution in [0.5, 0.6) is 0 Å². The van der Waals surface area contributed by atoms with Gasteiger partial charge in [-0.1, -0.05) is 46.3 Å². The number of carbonyl (C=O) groups excluding carboxylic acids is 3. The van der Waals surface area contributed by atoms with E-state index in [1.165, 1.54) is 4.90 Å². The van der Waals surface area contributed by atoms with Crippen molar-refractivity contribution in [2.24, 2.45) is 0 Å². The van der Waals surface area contributed by atoms with E-state index in [4.69, 9.17) is 4.43 Å². The first-order chi connectivity index (χ1) is 13.2. The van der Waals surface area contributed by atoms with Gasteiger partial charge in [-0.2, -0.15) is 0 Å². The van der Waals surface area contributed by atoms with Gasteiger partial charge in [0.25, 0.3) is 5.91 Å². The minimum Gasteiger partial charge on any atom is -0.515 e. The molecule has 3 rings (SSSR count). The number of β-lactam (4-membered cyclic amide) rings is 1. The highest BCUT2D eigenvalue weighted by Gasteiger charge is 2.54. The monoisotopic (exact) mass is 482 g/mol. The summed E-state index contributed by atoms with van der Waals surface area (Å²) in [5.41, 5.74) is 2.06. The first-order valence-electron chi connectivity index (χ1n) is 9.00. The molecule has 0 saturated carbocycles. The molecule has 2 aliphatic rings. The van der Waals surface area contributed by atoms with Crippen molar-refractivity contribution in [3.05, 3.63) is 47.2 Å². The van der Waals surface area contributed by atoms with Gasteiger partial charge in [0, 0.05) is 11.1 Å². The molecule has 6 nitrogen and oxygen atoms in total. The lowest BCUT2D eigenvalue weighted by molar-refractivity contribution is -0.150.